The molecule has 0 aliphatic carbocycles. The van der Waals surface area contributed by atoms with E-state index in [-0.39, 0.29) is 12.2 Å². The average Bonchev–Trinajstić information content (AvgIpc) is 3.38. The number of thioether (sulfide) groups is 1. The SMILES string of the molecule is Cc1cc(C)cc(-n2nnnc2SCC(=O)NC(Cc2c[nH]c3ccccc23)C(=O)O)c1. The van der Waals surface area contributed by atoms with E-state index in [2.05, 4.69) is 25.8 Å². The molecular formula is C22H22N6O3S. The van der Waals surface area contributed by atoms with E-state index in [0.717, 1.165) is 45.0 Å². The Bertz CT molecular complexity index is 1260. The summed E-state index contributed by atoms with van der Waals surface area (Å²) in [5.74, 6) is -1.51. The van der Waals surface area contributed by atoms with Crippen LogP contribution in [-0.2, 0) is 16.0 Å². The number of hydrogen-bond donors (Lipinski definition) is 3. The first-order chi connectivity index (χ1) is 15.4. The van der Waals surface area contributed by atoms with Crippen LogP contribution in [0.2, 0.25) is 0 Å². The molecule has 32 heavy (non-hydrogen) atoms. The number of tetrazole rings is 1. The standard InChI is InChI=1S/C22H22N6O3S/c1-13-7-14(2)9-16(8-13)28-22(25-26-27-28)32-12-20(29)24-19(21(30)31)10-15-11-23-18-6-4-3-5-17(15)18/h3-9,11,19,23H,10,12H2,1-2H3,(H,24,29)(H,30,31). The highest BCUT2D eigenvalue weighted by atomic mass is 32.2. The van der Waals surface area contributed by atoms with E-state index in [9.17, 15) is 14.7 Å². The number of para-hydroxylation sites is 1. The smallest absolute Gasteiger partial charge is 0.326 e. The van der Waals surface area contributed by atoms with Crippen molar-refractivity contribution in [3.8, 4) is 5.69 Å². The second-order valence-electron chi connectivity index (χ2n) is 7.53. The van der Waals surface area contributed by atoms with Crippen molar-refractivity contribution in [1.29, 1.82) is 0 Å². The molecule has 1 atom stereocenters. The molecule has 2 heterocycles. The quantitative estimate of drug-likeness (QED) is 0.352. The van der Waals surface area contributed by atoms with Crippen LogP contribution in [0.4, 0.5) is 0 Å². The molecule has 0 saturated carbocycles. The number of aromatic nitrogens is 5. The summed E-state index contributed by atoms with van der Waals surface area (Å²) in [5, 5.41) is 25.4. The minimum absolute atomic E-state index is 0.0111. The van der Waals surface area contributed by atoms with E-state index in [1.54, 1.807) is 10.9 Å². The van der Waals surface area contributed by atoms with Crippen LogP contribution in [0.5, 0.6) is 0 Å². The van der Waals surface area contributed by atoms with Gasteiger partial charge >= 0.3 is 5.97 Å². The Morgan fingerprint density at radius 1 is 1.19 bits per heavy atom. The molecule has 10 heteroatoms. The molecule has 4 rings (SSSR count). The van der Waals surface area contributed by atoms with Crippen LogP contribution >= 0.6 is 11.8 Å². The van der Waals surface area contributed by atoms with Gasteiger partial charge in [-0.15, -0.1) is 5.10 Å². The molecule has 0 aliphatic rings. The van der Waals surface area contributed by atoms with Gasteiger partial charge in [0.1, 0.15) is 6.04 Å². The molecule has 0 fully saturated rings. The Morgan fingerprint density at radius 2 is 1.94 bits per heavy atom. The number of aromatic amines is 1. The monoisotopic (exact) mass is 450 g/mol. The van der Waals surface area contributed by atoms with Crippen molar-refractivity contribution in [3.63, 3.8) is 0 Å². The zero-order valence-electron chi connectivity index (χ0n) is 17.6. The fraction of sp³-hybridized carbons (Fsp3) is 0.227. The van der Waals surface area contributed by atoms with Gasteiger partial charge in [-0.2, -0.15) is 4.68 Å². The number of carboxylic acids is 1. The number of carboxylic acid groups (broad SMARTS) is 1. The lowest BCUT2D eigenvalue weighted by Crippen LogP contribution is -2.43. The summed E-state index contributed by atoms with van der Waals surface area (Å²) >= 11 is 1.15. The molecule has 3 N–H and O–H groups in total. The molecule has 164 valence electrons. The fourth-order valence-corrected chi connectivity index (χ4v) is 4.29. The highest BCUT2D eigenvalue weighted by Crippen LogP contribution is 2.21. The summed E-state index contributed by atoms with van der Waals surface area (Å²) in [7, 11) is 0. The van der Waals surface area contributed by atoms with Gasteiger partial charge in [-0.05, 0) is 59.2 Å². The first-order valence-corrected chi connectivity index (χ1v) is 11.0. The number of benzene rings is 2. The minimum Gasteiger partial charge on any atom is -0.480 e. The van der Waals surface area contributed by atoms with Crippen LogP contribution < -0.4 is 5.32 Å². The number of nitrogens with zero attached hydrogens (tertiary/aromatic N) is 4. The average molecular weight is 451 g/mol. The van der Waals surface area contributed by atoms with Gasteiger partial charge in [0.25, 0.3) is 0 Å². The molecule has 0 bridgehead atoms. The molecule has 0 aliphatic heterocycles. The number of carbonyl (C=O) groups is 2. The van der Waals surface area contributed by atoms with Crippen LogP contribution in [0.15, 0.2) is 53.8 Å². The second kappa shape index (κ2) is 9.23. The Morgan fingerprint density at radius 3 is 2.69 bits per heavy atom. The molecule has 2 aromatic heterocycles. The summed E-state index contributed by atoms with van der Waals surface area (Å²) in [5.41, 5.74) is 4.71. The number of aliphatic carboxylic acids is 1. The number of carbonyl (C=O) groups excluding carboxylic acids is 1. The summed E-state index contributed by atoms with van der Waals surface area (Å²) < 4.78 is 1.57. The third-order valence-electron chi connectivity index (χ3n) is 4.96. The highest BCUT2D eigenvalue weighted by Gasteiger charge is 2.22. The van der Waals surface area contributed by atoms with Crippen LogP contribution in [0.25, 0.3) is 16.6 Å². The lowest BCUT2D eigenvalue weighted by Gasteiger charge is -2.14. The third kappa shape index (κ3) is 4.80. The van der Waals surface area contributed by atoms with Crippen molar-refractivity contribution >= 4 is 34.5 Å². The number of rotatable bonds is 8. The summed E-state index contributed by atoms with van der Waals surface area (Å²) in [4.78, 5) is 27.4. The van der Waals surface area contributed by atoms with Crippen molar-refractivity contribution in [3.05, 3.63) is 65.4 Å². The van der Waals surface area contributed by atoms with Gasteiger partial charge in [0.2, 0.25) is 11.1 Å². The van der Waals surface area contributed by atoms with Gasteiger partial charge in [-0.25, -0.2) is 4.79 Å². The van der Waals surface area contributed by atoms with E-state index in [1.165, 1.54) is 0 Å². The Balaban J connectivity index is 1.42. The zero-order chi connectivity index (χ0) is 22.7. The molecule has 2 aromatic carbocycles. The van der Waals surface area contributed by atoms with Crippen molar-refractivity contribution in [2.24, 2.45) is 0 Å². The number of fused-ring (bicyclic) bond motifs is 1. The number of nitrogens with one attached hydrogen (secondary N) is 2. The van der Waals surface area contributed by atoms with Crippen LogP contribution in [0.1, 0.15) is 16.7 Å². The maximum atomic E-state index is 12.5. The van der Waals surface area contributed by atoms with Crippen molar-refractivity contribution in [1.82, 2.24) is 30.5 Å². The van der Waals surface area contributed by atoms with E-state index < -0.39 is 17.9 Å². The Hall–Kier alpha value is -3.66. The maximum absolute atomic E-state index is 12.5. The van der Waals surface area contributed by atoms with Crippen LogP contribution in [0.3, 0.4) is 0 Å². The van der Waals surface area contributed by atoms with E-state index in [1.807, 2.05) is 56.3 Å². The molecule has 1 unspecified atom stereocenters. The molecule has 0 radical (unpaired) electrons. The molecule has 0 spiro atoms. The highest BCUT2D eigenvalue weighted by molar-refractivity contribution is 7.99. The summed E-state index contributed by atoms with van der Waals surface area (Å²) in [6.45, 7) is 3.97. The molecule has 1 amide bonds. The number of aryl methyl sites for hydroxylation is 2. The third-order valence-corrected chi connectivity index (χ3v) is 5.88. The fourth-order valence-electron chi connectivity index (χ4n) is 3.59. The summed E-state index contributed by atoms with van der Waals surface area (Å²) in [6.07, 6.45) is 1.95. The first kappa shape index (κ1) is 21.6. The normalized spacial score (nSPS) is 12.1. The van der Waals surface area contributed by atoms with Crippen molar-refractivity contribution in [2.75, 3.05) is 5.75 Å². The van der Waals surface area contributed by atoms with Gasteiger partial charge in [0, 0.05) is 23.5 Å². The van der Waals surface area contributed by atoms with Gasteiger partial charge in [-0.3, -0.25) is 4.79 Å². The number of amides is 1. The maximum Gasteiger partial charge on any atom is 0.326 e. The molecule has 0 saturated heterocycles. The first-order valence-electron chi connectivity index (χ1n) is 9.97. The molecule has 4 aromatic rings. The van der Waals surface area contributed by atoms with Gasteiger partial charge < -0.3 is 15.4 Å². The Kier molecular flexibility index (Phi) is 6.22. The largest absolute Gasteiger partial charge is 0.480 e. The van der Waals surface area contributed by atoms with Crippen LogP contribution in [-0.4, -0.2) is 54.0 Å². The van der Waals surface area contributed by atoms with Crippen LogP contribution in [0, 0.1) is 13.8 Å². The number of hydrogen-bond acceptors (Lipinski definition) is 6. The van der Waals surface area contributed by atoms with Gasteiger partial charge in [-0.1, -0.05) is 36.0 Å². The predicted molar refractivity (Wildman–Crippen MR) is 121 cm³/mol. The zero-order valence-corrected chi connectivity index (χ0v) is 18.4. The number of H-pyrrole nitrogens is 1. The second-order valence-corrected chi connectivity index (χ2v) is 8.47. The van der Waals surface area contributed by atoms with Gasteiger partial charge in [0.15, 0.2) is 0 Å². The predicted octanol–water partition coefficient (Wildman–Crippen LogP) is 2.66. The van der Waals surface area contributed by atoms with E-state index >= 15 is 0 Å². The van der Waals surface area contributed by atoms with E-state index in [0.29, 0.717) is 5.16 Å². The van der Waals surface area contributed by atoms with Crippen molar-refractivity contribution < 1.29 is 14.7 Å². The minimum atomic E-state index is -1.09. The lowest BCUT2D eigenvalue weighted by molar-refractivity contribution is -0.141. The summed E-state index contributed by atoms with van der Waals surface area (Å²) in [6, 6.07) is 12.6. The molecule has 9 nitrogen and oxygen atoms in total. The molecular weight excluding hydrogens is 428 g/mol. The van der Waals surface area contributed by atoms with E-state index in [4.69, 9.17) is 0 Å². The topological polar surface area (TPSA) is 126 Å². The lowest BCUT2D eigenvalue weighted by atomic mass is 10.1. The van der Waals surface area contributed by atoms with Crippen molar-refractivity contribution in [2.45, 2.75) is 31.5 Å². The Labute approximate surface area is 188 Å². The van der Waals surface area contributed by atoms with Gasteiger partial charge in [0.05, 0.1) is 11.4 Å².